The summed E-state index contributed by atoms with van der Waals surface area (Å²) in [4.78, 5) is 37.5. The van der Waals surface area contributed by atoms with Gasteiger partial charge in [-0.1, -0.05) is 48.5 Å². The van der Waals surface area contributed by atoms with Gasteiger partial charge in [0, 0.05) is 12.8 Å². The highest BCUT2D eigenvalue weighted by molar-refractivity contribution is 5.84. The summed E-state index contributed by atoms with van der Waals surface area (Å²) in [6.07, 6.45) is -2.61. The normalized spacial score (nSPS) is 32.2. The van der Waals surface area contributed by atoms with Gasteiger partial charge in [-0.05, 0) is 75.0 Å². The van der Waals surface area contributed by atoms with Gasteiger partial charge < -0.3 is 35.2 Å². The molecule has 0 saturated carbocycles. The Labute approximate surface area is 252 Å². The lowest BCUT2D eigenvalue weighted by atomic mass is 9.77. The van der Waals surface area contributed by atoms with Gasteiger partial charge in [-0.3, -0.25) is 9.59 Å². The molecular formula is C32H59NO9. The van der Waals surface area contributed by atoms with E-state index in [0.29, 0.717) is 19.3 Å². The SMILES string of the molecule is CC(=O)OC(C(C)CC(C)C(O)C(C)C(C)O)C(C)CC(C)C1OC(=O)C(C)NC(=O)CC(O)CC(O)C(C)CC1C. The molecule has 0 aromatic carbocycles. The van der Waals surface area contributed by atoms with Gasteiger partial charge in [0.15, 0.2) is 0 Å². The first-order valence-electron chi connectivity index (χ1n) is 15.7. The maximum absolute atomic E-state index is 13.1. The number of aliphatic hydroxyl groups is 4. The van der Waals surface area contributed by atoms with Crippen LogP contribution in [0.3, 0.4) is 0 Å². The van der Waals surface area contributed by atoms with Crippen LogP contribution in [0.1, 0.15) is 101 Å². The van der Waals surface area contributed by atoms with Crippen LogP contribution >= 0.6 is 0 Å². The zero-order chi connectivity index (χ0) is 32.5. The first-order chi connectivity index (χ1) is 19.3. The van der Waals surface area contributed by atoms with E-state index in [0.717, 1.165) is 0 Å². The lowest BCUT2D eigenvalue weighted by molar-refractivity contribution is -0.160. The van der Waals surface area contributed by atoms with Crippen LogP contribution < -0.4 is 5.32 Å². The van der Waals surface area contributed by atoms with Crippen molar-refractivity contribution in [3.63, 3.8) is 0 Å². The molecule has 0 aromatic rings. The van der Waals surface area contributed by atoms with E-state index >= 15 is 0 Å². The predicted molar refractivity (Wildman–Crippen MR) is 160 cm³/mol. The second-order valence-electron chi connectivity index (χ2n) is 13.6. The highest BCUT2D eigenvalue weighted by atomic mass is 16.5. The second-order valence-corrected chi connectivity index (χ2v) is 13.6. The molecule has 1 amide bonds. The van der Waals surface area contributed by atoms with Crippen molar-refractivity contribution in [2.24, 2.45) is 41.4 Å². The molecule has 0 aromatic heterocycles. The van der Waals surface area contributed by atoms with Crippen LogP contribution in [0, 0.1) is 41.4 Å². The largest absolute Gasteiger partial charge is 0.462 e. The molecule has 1 saturated heterocycles. The fourth-order valence-corrected chi connectivity index (χ4v) is 6.58. The van der Waals surface area contributed by atoms with Crippen LogP contribution in [0.25, 0.3) is 0 Å². The van der Waals surface area contributed by atoms with Crippen molar-refractivity contribution in [2.75, 3.05) is 0 Å². The molecule has 0 aliphatic carbocycles. The van der Waals surface area contributed by atoms with Gasteiger partial charge in [0.2, 0.25) is 5.91 Å². The average molecular weight is 602 g/mol. The number of amides is 1. The Morgan fingerprint density at radius 1 is 0.929 bits per heavy atom. The lowest BCUT2D eigenvalue weighted by Gasteiger charge is -2.37. The summed E-state index contributed by atoms with van der Waals surface area (Å²) in [5.74, 6) is -2.56. The molecule has 1 aliphatic rings. The maximum Gasteiger partial charge on any atom is 0.328 e. The van der Waals surface area contributed by atoms with Gasteiger partial charge in [0.25, 0.3) is 0 Å². The van der Waals surface area contributed by atoms with E-state index in [-0.39, 0.29) is 54.3 Å². The molecule has 0 radical (unpaired) electrons. The van der Waals surface area contributed by atoms with Crippen LogP contribution in [0.2, 0.25) is 0 Å². The summed E-state index contributed by atoms with van der Waals surface area (Å²) in [6.45, 7) is 18.2. The Kier molecular flexibility index (Phi) is 16.0. The standard InChI is InChI=1S/C32H59NO9/c1-16-11-18(3)31(42-32(40)23(8)33-28(38)15-26(36)14-27(16)37)21(6)13-20(5)30(41-25(10)35)19(4)12-17(2)29(39)22(7)24(9)34/h16-24,26-27,29-31,34,36-37,39H,11-15H2,1-10H3,(H,33,38). The number of carbonyl (C=O) groups excluding carboxylic acids is 3. The van der Waals surface area contributed by atoms with E-state index < -0.39 is 60.5 Å². The van der Waals surface area contributed by atoms with Crippen molar-refractivity contribution in [1.82, 2.24) is 5.32 Å². The Morgan fingerprint density at radius 3 is 2.05 bits per heavy atom. The molecule has 14 unspecified atom stereocenters. The topological polar surface area (TPSA) is 163 Å². The first kappa shape index (κ1) is 38.3. The molecule has 0 bridgehead atoms. The molecule has 1 rings (SSSR count). The number of nitrogens with one attached hydrogen (secondary N) is 1. The lowest BCUT2D eigenvalue weighted by Crippen LogP contribution is -2.44. The Balaban J connectivity index is 3.16. The van der Waals surface area contributed by atoms with Gasteiger partial charge in [0.1, 0.15) is 18.2 Å². The van der Waals surface area contributed by atoms with E-state index in [9.17, 15) is 34.8 Å². The predicted octanol–water partition coefficient (Wildman–Crippen LogP) is 3.21. The molecule has 246 valence electrons. The van der Waals surface area contributed by atoms with Crippen molar-refractivity contribution in [3.05, 3.63) is 0 Å². The Hall–Kier alpha value is -1.75. The van der Waals surface area contributed by atoms with Gasteiger partial charge >= 0.3 is 11.9 Å². The molecule has 10 nitrogen and oxygen atoms in total. The van der Waals surface area contributed by atoms with Crippen LogP contribution in [0.4, 0.5) is 0 Å². The monoisotopic (exact) mass is 601 g/mol. The number of esters is 2. The fraction of sp³-hybridized carbons (Fsp3) is 0.906. The van der Waals surface area contributed by atoms with E-state index in [1.807, 2.05) is 48.5 Å². The first-order valence-corrected chi connectivity index (χ1v) is 15.7. The van der Waals surface area contributed by atoms with Crippen molar-refractivity contribution < 1.29 is 44.3 Å². The molecule has 1 aliphatic heterocycles. The molecular weight excluding hydrogens is 542 g/mol. The van der Waals surface area contributed by atoms with Crippen LogP contribution in [0.5, 0.6) is 0 Å². The minimum absolute atomic E-state index is 0.0623. The van der Waals surface area contributed by atoms with Crippen LogP contribution in [0.15, 0.2) is 0 Å². The maximum atomic E-state index is 13.1. The zero-order valence-corrected chi connectivity index (χ0v) is 27.4. The van der Waals surface area contributed by atoms with Crippen molar-refractivity contribution in [3.8, 4) is 0 Å². The summed E-state index contributed by atoms with van der Waals surface area (Å²) >= 11 is 0. The molecule has 14 atom stereocenters. The van der Waals surface area contributed by atoms with E-state index in [1.165, 1.54) is 6.92 Å². The van der Waals surface area contributed by atoms with Crippen LogP contribution in [-0.4, -0.2) is 80.9 Å². The van der Waals surface area contributed by atoms with Gasteiger partial charge in [0.05, 0.1) is 30.8 Å². The molecule has 1 fully saturated rings. The molecule has 42 heavy (non-hydrogen) atoms. The smallest absolute Gasteiger partial charge is 0.328 e. The number of aliphatic hydroxyl groups excluding tert-OH is 4. The second kappa shape index (κ2) is 17.5. The number of hydrogen-bond donors (Lipinski definition) is 5. The summed E-state index contributed by atoms with van der Waals surface area (Å²) in [7, 11) is 0. The third kappa shape index (κ3) is 12.1. The van der Waals surface area contributed by atoms with Gasteiger partial charge in [-0.15, -0.1) is 0 Å². The Bertz CT molecular complexity index is 852. The summed E-state index contributed by atoms with van der Waals surface area (Å²) in [6, 6.07) is -0.905. The molecule has 5 N–H and O–H groups in total. The van der Waals surface area contributed by atoms with Gasteiger partial charge in [-0.25, -0.2) is 4.79 Å². The zero-order valence-electron chi connectivity index (χ0n) is 27.4. The highest BCUT2D eigenvalue weighted by Crippen LogP contribution is 2.34. The van der Waals surface area contributed by atoms with Crippen molar-refractivity contribution >= 4 is 17.8 Å². The number of ether oxygens (including phenoxy) is 2. The number of hydrogen-bond acceptors (Lipinski definition) is 9. The third-order valence-corrected chi connectivity index (χ3v) is 9.23. The molecule has 1 heterocycles. The summed E-state index contributed by atoms with van der Waals surface area (Å²) < 4.78 is 11.8. The van der Waals surface area contributed by atoms with Gasteiger partial charge in [-0.2, -0.15) is 0 Å². The Morgan fingerprint density at radius 2 is 1.50 bits per heavy atom. The van der Waals surface area contributed by atoms with E-state index in [1.54, 1.807) is 13.8 Å². The number of carbonyl (C=O) groups is 3. The minimum atomic E-state index is -1.02. The van der Waals surface area contributed by atoms with E-state index in [2.05, 4.69) is 5.32 Å². The minimum Gasteiger partial charge on any atom is -0.462 e. The quantitative estimate of drug-likeness (QED) is 0.224. The number of cyclic esters (lactones) is 1. The van der Waals surface area contributed by atoms with Crippen molar-refractivity contribution in [1.29, 1.82) is 0 Å². The molecule has 10 heteroatoms. The average Bonchev–Trinajstić information content (AvgIpc) is 2.87. The summed E-state index contributed by atoms with van der Waals surface area (Å²) in [5.41, 5.74) is 0. The third-order valence-electron chi connectivity index (χ3n) is 9.23. The van der Waals surface area contributed by atoms with Crippen molar-refractivity contribution in [2.45, 2.75) is 144 Å². The number of rotatable bonds is 11. The van der Waals surface area contributed by atoms with Crippen LogP contribution in [-0.2, 0) is 23.9 Å². The molecule has 0 spiro atoms. The van der Waals surface area contributed by atoms with E-state index in [4.69, 9.17) is 9.47 Å². The fourth-order valence-electron chi connectivity index (χ4n) is 6.58. The highest BCUT2D eigenvalue weighted by Gasteiger charge is 2.37. The summed E-state index contributed by atoms with van der Waals surface area (Å²) in [5, 5.41) is 44.2.